The number of hydrogen-bond donors (Lipinski definition) is 1. The van der Waals surface area contributed by atoms with Crippen molar-refractivity contribution in [3.63, 3.8) is 0 Å². The van der Waals surface area contributed by atoms with Gasteiger partial charge in [-0.1, -0.05) is 13.8 Å². The van der Waals surface area contributed by atoms with Crippen molar-refractivity contribution < 1.29 is 4.79 Å². The monoisotopic (exact) mass is 307 g/mol. The maximum Gasteiger partial charge on any atom is 0.273 e. The number of thiazole rings is 1. The van der Waals surface area contributed by atoms with Gasteiger partial charge >= 0.3 is 0 Å². The number of nitrogens with one attached hydrogen (secondary N) is 1. The highest BCUT2D eigenvalue weighted by atomic mass is 32.1. The number of fused-ring (bicyclic) bond motifs is 2. The summed E-state index contributed by atoms with van der Waals surface area (Å²) in [4.78, 5) is 19.1. The summed E-state index contributed by atoms with van der Waals surface area (Å²) in [6.45, 7) is 4.36. The van der Waals surface area contributed by atoms with Crippen molar-refractivity contribution in [1.29, 1.82) is 0 Å². The van der Waals surface area contributed by atoms with Crippen LogP contribution in [0.15, 0.2) is 5.38 Å². The summed E-state index contributed by atoms with van der Waals surface area (Å²) in [5.41, 5.74) is 0.629. The van der Waals surface area contributed by atoms with Crippen LogP contribution < -0.4 is 5.32 Å². The number of amides is 1. The van der Waals surface area contributed by atoms with E-state index >= 15 is 0 Å². The first-order valence-electron chi connectivity index (χ1n) is 8.00. The van der Waals surface area contributed by atoms with Gasteiger partial charge < -0.3 is 10.2 Å². The van der Waals surface area contributed by atoms with Crippen molar-refractivity contribution in [1.82, 2.24) is 15.2 Å². The molecule has 21 heavy (non-hydrogen) atoms. The van der Waals surface area contributed by atoms with E-state index in [9.17, 15) is 4.79 Å². The summed E-state index contributed by atoms with van der Waals surface area (Å²) in [5, 5.41) is 6.63. The van der Waals surface area contributed by atoms with Gasteiger partial charge in [-0.2, -0.15) is 0 Å². The second-order valence-electron chi connectivity index (χ2n) is 6.90. The summed E-state index contributed by atoms with van der Waals surface area (Å²) >= 11 is 1.61. The Bertz CT molecular complexity index is 501. The highest BCUT2D eigenvalue weighted by Gasteiger charge is 2.36. The fourth-order valence-corrected chi connectivity index (χ4v) is 4.52. The van der Waals surface area contributed by atoms with Gasteiger partial charge in [0.1, 0.15) is 5.69 Å². The van der Waals surface area contributed by atoms with Crippen LogP contribution in [0.25, 0.3) is 0 Å². The summed E-state index contributed by atoms with van der Waals surface area (Å²) in [6.07, 6.45) is 5.65. The van der Waals surface area contributed by atoms with Crippen LogP contribution in [-0.2, 0) is 6.42 Å². The summed E-state index contributed by atoms with van der Waals surface area (Å²) in [6, 6.07) is 1.58. The van der Waals surface area contributed by atoms with Crippen molar-refractivity contribution in [3.05, 3.63) is 16.1 Å². The zero-order valence-corrected chi connectivity index (χ0v) is 13.9. The van der Waals surface area contributed by atoms with Gasteiger partial charge in [0.25, 0.3) is 5.91 Å². The molecule has 4 nitrogen and oxygen atoms in total. The topological polar surface area (TPSA) is 45.2 Å². The largest absolute Gasteiger partial charge is 0.337 e. The van der Waals surface area contributed by atoms with Gasteiger partial charge in [0.2, 0.25) is 0 Å². The molecule has 2 bridgehead atoms. The second-order valence-corrected chi connectivity index (χ2v) is 7.85. The Hall–Kier alpha value is -0.940. The lowest BCUT2D eigenvalue weighted by atomic mass is 9.98. The number of rotatable bonds is 4. The van der Waals surface area contributed by atoms with Gasteiger partial charge in [-0.3, -0.25) is 4.79 Å². The molecule has 0 spiro atoms. The molecule has 2 aliphatic rings. The van der Waals surface area contributed by atoms with Crippen LogP contribution in [0.5, 0.6) is 0 Å². The van der Waals surface area contributed by atoms with Crippen molar-refractivity contribution in [2.24, 2.45) is 5.92 Å². The van der Waals surface area contributed by atoms with E-state index in [1.807, 2.05) is 17.3 Å². The van der Waals surface area contributed by atoms with Gasteiger partial charge in [0.05, 0.1) is 5.01 Å². The van der Waals surface area contributed by atoms with E-state index in [2.05, 4.69) is 24.1 Å². The molecule has 1 N–H and O–H groups in total. The van der Waals surface area contributed by atoms with E-state index in [-0.39, 0.29) is 5.91 Å². The number of aromatic nitrogens is 1. The molecule has 0 aliphatic carbocycles. The van der Waals surface area contributed by atoms with Gasteiger partial charge in [0.15, 0.2) is 0 Å². The quantitative estimate of drug-likeness (QED) is 0.930. The molecule has 1 aromatic rings. The van der Waals surface area contributed by atoms with Gasteiger partial charge in [-0.25, -0.2) is 4.98 Å². The molecule has 5 heteroatoms. The van der Waals surface area contributed by atoms with Crippen molar-refractivity contribution in [2.75, 3.05) is 7.05 Å². The van der Waals surface area contributed by atoms with Crippen molar-refractivity contribution in [2.45, 2.75) is 64.1 Å². The standard InChI is InChI=1S/C16H25N3OS/c1-10(2)6-15-18-14(9-21-15)16(20)19(3)13-7-11-4-5-12(8-13)17-11/h9-13,17H,4-8H2,1-3H3. The zero-order chi connectivity index (χ0) is 15.0. The molecule has 2 unspecified atom stereocenters. The fraction of sp³-hybridized carbons (Fsp3) is 0.750. The fourth-order valence-electron chi connectivity index (χ4n) is 3.54. The van der Waals surface area contributed by atoms with E-state index in [1.165, 1.54) is 12.8 Å². The molecule has 3 heterocycles. The molecule has 2 atom stereocenters. The maximum atomic E-state index is 12.6. The molecule has 116 valence electrons. The molecule has 2 fully saturated rings. The van der Waals surface area contributed by atoms with Crippen LogP contribution in [0.4, 0.5) is 0 Å². The van der Waals surface area contributed by atoms with Gasteiger partial charge in [0, 0.05) is 37.0 Å². The highest BCUT2D eigenvalue weighted by molar-refractivity contribution is 7.09. The maximum absolute atomic E-state index is 12.6. The third kappa shape index (κ3) is 3.29. The Kier molecular flexibility index (Phi) is 4.31. The highest BCUT2D eigenvalue weighted by Crippen LogP contribution is 2.30. The Morgan fingerprint density at radius 3 is 2.71 bits per heavy atom. The minimum atomic E-state index is 0.0903. The lowest BCUT2D eigenvalue weighted by molar-refractivity contribution is 0.0676. The SMILES string of the molecule is CC(C)Cc1nc(C(=O)N(C)C2CC3CCC(C2)N3)cs1. The lowest BCUT2D eigenvalue weighted by Crippen LogP contribution is -2.48. The van der Waals surface area contributed by atoms with Gasteiger partial charge in [-0.15, -0.1) is 11.3 Å². The van der Waals surface area contributed by atoms with Crippen molar-refractivity contribution >= 4 is 17.2 Å². The molecule has 2 aliphatic heterocycles. The molecule has 3 rings (SSSR count). The van der Waals surface area contributed by atoms with E-state index in [0.717, 1.165) is 24.3 Å². The predicted octanol–water partition coefficient (Wildman–Crippen LogP) is 2.70. The van der Waals surface area contributed by atoms with E-state index in [0.29, 0.717) is 29.7 Å². The lowest BCUT2D eigenvalue weighted by Gasteiger charge is -2.35. The smallest absolute Gasteiger partial charge is 0.273 e. The average molecular weight is 307 g/mol. The first kappa shape index (κ1) is 15.0. The normalized spacial score (nSPS) is 28.1. The summed E-state index contributed by atoms with van der Waals surface area (Å²) in [7, 11) is 1.94. The minimum Gasteiger partial charge on any atom is -0.337 e. The van der Waals surface area contributed by atoms with E-state index in [1.54, 1.807) is 11.3 Å². The Morgan fingerprint density at radius 1 is 1.43 bits per heavy atom. The van der Waals surface area contributed by atoms with Crippen LogP contribution in [0.2, 0.25) is 0 Å². The number of carbonyl (C=O) groups excluding carboxylic acids is 1. The van der Waals surface area contributed by atoms with E-state index < -0.39 is 0 Å². The van der Waals surface area contributed by atoms with Crippen LogP contribution in [0.3, 0.4) is 0 Å². The van der Waals surface area contributed by atoms with Crippen LogP contribution in [0.1, 0.15) is 55.0 Å². The first-order valence-corrected chi connectivity index (χ1v) is 8.88. The Balaban J connectivity index is 1.65. The molecule has 2 saturated heterocycles. The van der Waals surface area contributed by atoms with Gasteiger partial charge in [-0.05, 0) is 31.6 Å². The van der Waals surface area contributed by atoms with Crippen LogP contribution >= 0.6 is 11.3 Å². The molecule has 1 aromatic heterocycles. The van der Waals surface area contributed by atoms with Crippen molar-refractivity contribution in [3.8, 4) is 0 Å². The number of nitrogens with zero attached hydrogens (tertiary/aromatic N) is 2. The third-order valence-corrected chi connectivity index (χ3v) is 5.54. The zero-order valence-electron chi connectivity index (χ0n) is 13.1. The summed E-state index contributed by atoms with van der Waals surface area (Å²) < 4.78 is 0. The number of hydrogen-bond acceptors (Lipinski definition) is 4. The molecular formula is C16H25N3OS. The predicted molar refractivity (Wildman–Crippen MR) is 85.7 cm³/mol. The number of carbonyl (C=O) groups is 1. The van der Waals surface area contributed by atoms with Crippen LogP contribution in [-0.4, -0.2) is 41.0 Å². The molecular weight excluding hydrogens is 282 g/mol. The molecule has 1 amide bonds. The third-order valence-electron chi connectivity index (χ3n) is 4.67. The molecule has 0 aromatic carbocycles. The Labute approximate surface area is 130 Å². The van der Waals surface area contributed by atoms with Crippen LogP contribution in [0, 0.1) is 5.92 Å². The molecule has 0 saturated carbocycles. The Morgan fingerprint density at radius 2 is 2.10 bits per heavy atom. The molecule has 0 radical (unpaired) electrons. The summed E-state index contributed by atoms with van der Waals surface area (Å²) in [5.74, 6) is 0.671. The van der Waals surface area contributed by atoms with E-state index in [4.69, 9.17) is 0 Å². The number of piperidine rings is 1. The first-order chi connectivity index (χ1) is 10.0. The average Bonchev–Trinajstić information content (AvgIpc) is 3.03. The second kappa shape index (κ2) is 6.05. The minimum absolute atomic E-state index is 0.0903.